The van der Waals surface area contributed by atoms with Gasteiger partial charge in [-0.25, -0.2) is 0 Å². The van der Waals surface area contributed by atoms with Gasteiger partial charge in [0, 0.05) is 33.3 Å². The number of hydrogen-bond donors (Lipinski definition) is 0. The van der Waals surface area contributed by atoms with Gasteiger partial charge in [-0.15, -0.1) is 0 Å². The van der Waals surface area contributed by atoms with E-state index in [0.717, 1.165) is 0 Å². The summed E-state index contributed by atoms with van der Waals surface area (Å²) >= 11 is 11.0. The van der Waals surface area contributed by atoms with Gasteiger partial charge in [-0.1, -0.05) is 23.2 Å². The van der Waals surface area contributed by atoms with Crippen LogP contribution in [0.1, 0.15) is 0 Å². The second kappa shape index (κ2) is 8.58. The number of carbonyl (C=O) groups excluding carboxylic acids is 2. The Hall–Kier alpha value is -0.560. The van der Waals surface area contributed by atoms with E-state index in [1.165, 1.54) is 0 Å². The lowest BCUT2D eigenvalue weighted by atomic mass is 10.3. The van der Waals surface area contributed by atoms with Gasteiger partial charge in [0.05, 0.1) is 13.2 Å². The molecule has 1 rings (SSSR count). The van der Waals surface area contributed by atoms with Crippen LogP contribution in [0.4, 0.5) is 0 Å². The molecule has 0 atom stereocenters. The molecule has 0 aromatic carbocycles. The minimum Gasteiger partial charge on any atom is -0.382 e. The van der Waals surface area contributed by atoms with Crippen molar-refractivity contribution in [1.29, 1.82) is 0 Å². The lowest BCUT2D eigenvalue weighted by Crippen LogP contribution is -2.52. The number of hydrogen-bond acceptors (Lipinski definition) is 4. The van der Waals surface area contributed by atoms with Crippen molar-refractivity contribution in [2.24, 2.45) is 0 Å². The van der Waals surface area contributed by atoms with E-state index in [4.69, 9.17) is 32.7 Å². The van der Waals surface area contributed by atoms with Gasteiger partial charge >= 0.3 is 0 Å². The smallest absolute Gasteiger partial charge is 0.255 e. The number of piperazine rings is 1. The number of ether oxygens (including phenoxy) is 2. The van der Waals surface area contributed by atoms with Crippen molar-refractivity contribution in [3.05, 3.63) is 0 Å². The average molecular weight is 313 g/mol. The van der Waals surface area contributed by atoms with Crippen LogP contribution in [0, 0.1) is 0 Å². The fourth-order valence-corrected chi connectivity index (χ4v) is 1.98. The first-order chi connectivity index (χ1) is 9.06. The molecule has 1 fully saturated rings. The third kappa shape index (κ3) is 5.52. The van der Waals surface area contributed by atoms with Crippen LogP contribution < -0.4 is 0 Å². The summed E-state index contributed by atoms with van der Waals surface area (Å²) in [6.07, 6.45) is 0. The Morgan fingerprint density at radius 3 is 2.21 bits per heavy atom. The molecule has 0 radical (unpaired) electrons. The van der Waals surface area contributed by atoms with Gasteiger partial charge < -0.3 is 19.3 Å². The van der Waals surface area contributed by atoms with E-state index in [0.29, 0.717) is 39.4 Å². The summed E-state index contributed by atoms with van der Waals surface area (Å²) in [7, 11) is 1.57. The molecule has 0 aliphatic carbocycles. The van der Waals surface area contributed by atoms with Crippen LogP contribution in [0.5, 0.6) is 0 Å². The van der Waals surface area contributed by atoms with Crippen molar-refractivity contribution >= 4 is 35.0 Å². The van der Waals surface area contributed by atoms with Gasteiger partial charge in [-0.3, -0.25) is 9.59 Å². The summed E-state index contributed by atoms with van der Waals surface area (Å²) in [4.78, 5) is 25.5. The summed E-state index contributed by atoms with van der Waals surface area (Å²) in [5, 5.41) is 0. The Morgan fingerprint density at radius 1 is 1.11 bits per heavy atom. The van der Waals surface area contributed by atoms with Gasteiger partial charge in [-0.2, -0.15) is 0 Å². The number of nitrogens with zero attached hydrogens (tertiary/aromatic N) is 2. The second-order valence-corrected chi connectivity index (χ2v) is 5.15. The molecule has 2 amide bonds. The van der Waals surface area contributed by atoms with Crippen molar-refractivity contribution in [3.8, 4) is 0 Å². The predicted octanol–water partition coefficient (Wildman–Crippen LogP) is 0.124. The first kappa shape index (κ1) is 16.5. The van der Waals surface area contributed by atoms with E-state index >= 15 is 0 Å². The molecule has 1 heterocycles. The zero-order valence-corrected chi connectivity index (χ0v) is 12.3. The van der Waals surface area contributed by atoms with E-state index < -0.39 is 4.84 Å². The molecule has 1 aliphatic heterocycles. The van der Waals surface area contributed by atoms with Crippen molar-refractivity contribution < 1.29 is 19.1 Å². The maximum absolute atomic E-state index is 11.8. The highest BCUT2D eigenvalue weighted by atomic mass is 35.5. The van der Waals surface area contributed by atoms with Crippen LogP contribution in [0.2, 0.25) is 0 Å². The van der Waals surface area contributed by atoms with Crippen LogP contribution in [0.15, 0.2) is 0 Å². The molecule has 0 aromatic rings. The van der Waals surface area contributed by atoms with Crippen LogP contribution in [0.25, 0.3) is 0 Å². The van der Waals surface area contributed by atoms with Crippen molar-refractivity contribution in [1.82, 2.24) is 9.80 Å². The predicted molar refractivity (Wildman–Crippen MR) is 71.3 cm³/mol. The van der Waals surface area contributed by atoms with Gasteiger partial charge in [0.1, 0.15) is 6.61 Å². The summed E-state index contributed by atoms with van der Waals surface area (Å²) < 4.78 is 9.98. The number of alkyl halides is 2. The molecule has 110 valence electrons. The first-order valence-corrected chi connectivity index (χ1v) is 6.85. The average Bonchev–Trinajstić information content (AvgIpc) is 2.42. The quantitative estimate of drug-likeness (QED) is 0.516. The zero-order valence-electron chi connectivity index (χ0n) is 10.8. The largest absolute Gasteiger partial charge is 0.382 e. The molecule has 1 aliphatic rings. The molecule has 0 saturated carbocycles. The minimum absolute atomic E-state index is 0.0327. The molecule has 0 unspecified atom stereocenters. The van der Waals surface area contributed by atoms with Crippen molar-refractivity contribution in [2.45, 2.75) is 4.84 Å². The number of amides is 2. The molecule has 0 bridgehead atoms. The second-order valence-electron chi connectivity index (χ2n) is 4.05. The van der Waals surface area contributed by atoms with Gasteiger partial charge in [0.15, 0.2) is 4.84 Å². The third-order valence-electron chi connectivity index (χ3n) is 2.79. The highest BCUT2D eigenvalue weighted by Crippen LogP contribution is 2.10. The molecule has 8 heteroatoms. The van der Waals surface area contributed by atoms with Gasteiger partial charge in [-0.05, 0) is 0 Å². The SMILES string of the molecule is COCCOCC(=O)N1CCN(C(=O)C(Cl)Cl)CC1. The third-order valence-corrected chi connectivity index (χ3v) is 3.16. The highest BCUT2D eigenvalue weighted by molar-refractivity contribution is 6.53. The molecule has 0 spiro atoms. The maximum Gasteiger partial charge on any atom is 0.255 e. The molecule has 1 saturated heterocycles. The van der Waals surface area contributed by atoms with E-state index in [-0.39, 0.29) is 18.4 Å². The van der Waals surface area contributed by atoms with Crippen LogP contribution >= 0.6 is 23.2 Å². The Bertz CT molecular complexity index is 307. The summed E-state index contributed by atoms with van der Waals surface area (Å²) in [6, 6.07) is 0. The molecule has 6 nitrogen and oxygen atoms in total. The topological polar surface area (TPSA) is 59.1 Å². The summed E-state index contributed by atoms with van der Waals surface area (Å²) in [5.74, 6) is -0.400. The summed E-state index contributed by atoms with van der Waals surface area (Å²) in [6.45, 7) is 2.71. The highest BCUT2D eigenvalue weighted by Gasteiger charge is 2.26. The lowest BCUT2D eigenvalue weighted by molar-refractivity contribution is -0.142. The Balaban J connectivity index is 2.25. The normalized spacial score (nSPS) is 16.0. The molecule has 19 heavy (non-hydrogen) atoms. The van der Waals surface area contributed by atoms with Gasteiger partial charge in [0.25, 0.3) is 5.91 Å². The van der Waals surface area contributed by atoms with E-state index in [2.05, 4.69) is 0 Å². The molecule has 0 aromatic heterocycles. The van der Waals surface area contributed by atoms with Crippen LogP contribution in [0.3, 0.4) is 0 Å². The Morgan fingerprint density at radius 2 is 1.68 bits per heavy atom. The molecular formula is C11H18Cl2N2O4. The molecular weight excluding hydrogens is 295 g/mol. The zero-order chi connectivity index (χ0) is 14.3. The van der Waals surface area contributed by atoms with Crippen LogP contribution in [-0.4, -0.2) is 79.6 Å². The van der Waals surface area contributed by atoms with Crippen molar-refractivity contribution in [3.63, 3.8) is 0 Å². The standard InChI is InChI=1S/C11H18Cl2N2O4/c1-18-6-7-19-8-9(16)14-2-4-15(5-3-14)11(17)10(12)13/h10H,2-8H2,1H3. The molecule has 0 N–H and O–H groups in total. The summed E-state index contributed by atoms with van der Waals surface area (Å²) in [5.41, 5.74) is 0. The van der Waals surface area contributed by atoms with E-state index in [1.54, 1.807) is 16.9 Å². The van der Waals surface area contributed by atoms with Gasteiger partial charge in [0.2, 0.25) is 5.91 Å². The van der Waals surface area contributed by atoms with E-state index in [9.17, 15) is 9.59 Å². The first-order valence-electron chi connectivity index (χ1n) is 5.97. The maximum atomic E-state index is 11.8. The number of carbonyl (C=O) groups is 2. The van der Waals surface area contributed by atoms with Crippen molar-refractivity contribution in [2.75, 3.05) is 53.1 Å². The fourth-order valence-electron chi connectivity index (χ4n) is 1.71. The monoisotopic (exact) mass is 312 g/mol. The fraction of sp³-hybridized carbons (Fsp3) is 0.818. The van der Waals surface area contributed by atoms with E-state index in [1.807, 2.05) is 0 Å². The minimum atomic E-state index is -1.04. The Kier molecular flexibility index (Phi) is 7.45. The lowest BCUT2D eigenvalue weighted by Gasteiger charge is -2.34. The number of rotatable bonds is 6. The number of halogens is 2. The number of methoxy groups -OCH3 is 1. The van der Waals surface area contributed by atoms with Crippen LogP contribution in [-0.2, 0) is 19.1 Å². The Labute approximate surface area is 122 Å².